The molecule has 168 valence electrons. The van der Waals surface area contributed by atoms with Gasteiger partial charge in [-0.2, -0.15) is 0 Å². The van der Waals surface area contributed by atoms with Gasteiger partial charge in [0, 0.05) is 23.8 Å². The van der Waals surface area contributed by atoms with E-state index in [2.05, 4.69) is 0 Å². The average Bonchev–Trinajstić information content (AvgIpc) is 3.00. The minimum absolute atomic E-state index is 0.0481. The molecule has 9 heteroatoms. The standard InChI is InChI=1S/C23H23ClN2O6/c1-22-8-3-13-31-21(30)17(22)16-19(28)26(11-12-27)18-20(29)25(10-2-9-23(16,18)32-22)15-6-4-14(24)5-7-15/h2-9,16-18,27H,10-13H2,1H3/t16-,17-,18?,22+,23-/m0/s1. The van der Waals surface area contributed by atoms with Crippen LogP contribution in [0.25, 0.3) is 0 Å². The highest BCUT2D eigenvalue weighted by Gasteiger charge is 2.74. The minimum atomic E-state index is -1.36. The summed E-state index contributed by atoms with van der Waals surface area (Å²) in [6, 6.07) is 5.81. The molecule has 1 N–H and O–H groups in total. The zero-order chi connectivity index (χ0) is 22.7. The van der Waals surface area contributed by atoms with Crippen molar-refractivity contribution < 1.29 is 29.0 Å². The molecule has 1 aromatic rings. The second kappa shape index (κ2) is 7.43. The molecule has 8 nitrogen and oxygen atoms in total. The summed E-state index contributed by atoms with van der Waals surface area (Å²) in [6.07, 6.45) is 6.98. The number of fused-ring (bicyclic) bond motifs is 2. The first-order valence-corrected chi connectivity index (χ1v) is 10.9. The third-order valence-corrected chi connectivity index (χ3v) is 7.04. The third-order valence-electron chi connectivity index (χ3n) is 6.79. The zero-order valence-electron chi connectivity index (χ0n) is 17.4. The lowest BCUT2D eigenvalue weighted by atomic mass is 9.75. The first-order valence-electron chi connectivity index (χ1n) is 10.5. The number of rotatable bonds is 3. The number of esters is 1. The number of carbonyl (C=O) groups excluding carboxylic acids is 3. The van der Waals surface area contributed by atoms with E-state index in [1.807, 2.05) is 0 Å². The number of hydrogen-bond donors (Lipinski definition) is 1. The van der Waals surface area contributed by atoms with Crippen LogP contribution >= 0.6 is 11.6 Å². The summed E-state index contributed by atoms with van der Waals surface area (Å²) in [5.41, 5.74) is -1.83. The van der Waals surface area contributed by atoms with E-state index < -0.39 is 41.0 Å². The van der Waals surface area contributed by atoms with Gasteiger partial charge in [0.2, 0.25) is 5.91 Å². The van der Waals surface area contributed by atoms with Crippen LogP contribution in [-0.2, 0) is 23.9 Å². The second-order valence-electron chi connectivity index (χ2n) is 8.61. The number of anilines is 1. The quantitative estimate of drug-likeness (QED) is 0.542. The number of carbonyl (C=O) groups is 3. The van der Waals surface area contributed by atoms with Crippen LogP contribution in [0.4, 0.5) is 5.69 Å². The van der Waals surface area contributed by atoms with Crippen molar-refractivity contribution in [1.82, 2.24) is 4.90 Å². The van der Waals surface area contributed by atoms with Crippen molar-refractivity contribution in [3.63, 3.8) is 0 Å². The van der Waals surface area contributed by atoms with Crippen molar-refractivity contribution in [2.24, 2.45) is 11.8 Å². The van der Waals surface area contributed by atoms with Crippen molar-refractivity contribution in [2.45, 2.75) is 24.2 Å². The van der Waals surface area contributed by atoms with Crippen LogP contribution in [0.2, 0.25) is 5.02 Å². The number of benzene rings is 1. The van der Waals surface area contributed by atoms with E-state index in [9.17, 15) is 19.5 Å². The van der Waals surface area contributed by atoms with Gasteiger partial charge in [0.05, 0.1) is 18.1 Å². The highest BCUT2D eigenvalue weighted by Crippen LogP contribution is 2.57. The molecule has 2 amide bonds. The van der Waals surface area contributed by atoms with Crippen LogP contribution in [0.15, 0.2) is 48.6 Å². The summed E-state index contributed by atoms with van der Waals surface area (Å²) < 4.78 is 11.8. The molecule has 2 fully saturated rings. The maximum atomic E-state index is 13.9. The fraction of sp³-hybridized carbons (Fsp3) is 0.435. The van der Waals surface area contributed by atoms with Gasteiger partial charge in [0.1, 0.15) is 24.2 Å². The van der Waals surface area contributed by atoms with E-state index in [0.29, 0.717) is 10.7 Å². The van der Waals surface area contributed by atoms with Gasteiger partial charge in [-0.05, 0) is 37.3 Å². The van der Waals surface area contributed by atoms with Crippen molar-refractivity contribution >= 4 is 35.1 Å². The fourth-order valence-electron chi connectivity index (χ4n) is 5.56. The highest BCUT2D eigenvalue weighted by molar-refractivity contribution is 6.30. The molecule has 5 atom stereocenters. The number of amides is 2. The molecule has 0 bridgehead atoms. The Morgan fingerprint density at radius 1 is 1.09 bits per heavy atom. The van der Waals surface area contributed by atoms with E-state index in [0.717, 1.165) is 0 Å². The lowest BCUT2D eigenvalue weighted by Crippen LogP contribution is -2.56. The predicted molar refractivity (Wildman–Crippen MR) is 115 cm³/mol. The topological polar surface area (TPSA) is 96.4 Å². The van der Waals surface area contributed by atoms with Gasteiger partial charge >= 0.3 is 5.97 Å². The van der Waals surface area contributed by atoms with Gasteiger partial charge in [-0.3, -0.25) is 14.4 Å². The molecule has 0 aliphatic carbocycles. The molecular weight excluding hydrogens is 436 g/mol. The third kappa shape index (κ3) is 2.86. The average molecular weight is 459 g/mol. The maximum Gasteiger partial charge on any atom is 0.313 e. The molecule has 4 heterocycles. The Hall–Kier alpha value is -2.68. The Balaban J connectivity index is 1.64. The summed E-state index contributed by atoms with van der Waals surface area (Å²) in [5, 5.41) is 10.2. The van der Waals surface area contributed by atoms with Gasteiger partial charge in [-0.1, -0.05) is 29.8 Å². The molecule has 4 aliphatic rings. The molecule has 1 spiro atoms. The number of halogens is 1. The Morgan fingerprint density at radius 2 is 1.84 bits per heavy atom. The Bertz CT molecular complexity index is 1040. The van der Waals surface area contributed by atoms with Gasteiger partial charge in [-0.25, -0.2) is 0 Å². The van der Waals surface area contributed by atoms with Crippen LogP contribution in [0.1, 0.15) is 6.92 Å². The lowest BCUT2D eigenvalue weighted by Gasteiger charge is -2.37. The highest BCUT2D eigenvalue weighted by atomic mass is 35.5. The largest absolute Gasteiger partial charge is 0.461 e. The van der Waals surface area contributed by atoms with Crippen LogP contribution in [0.3, 0.4) is 0 Å². The minimum Gasteiger partial charge on any atom is -0.461 e. The molecular formula is C23H23ClN2O6. The summed E-state index contributed by atoms with van der Waals surface area (Å²) in [4.78, 5) is 43.3. The number of hydrogen-bond acceptors (Lipinski definition) is 6. The van der Waals surface area contributed by atoms with Crippen molar-refractivity contribution in [3.05, 3.63) is 53.6 Å². The summed E-state index contributed by atoms with van der Waals surface area (Å²) in [5.74, 6) is -3.12. The smallest absolute Gasteiger partial charge is 0.313 e. The number of likely N-dealkylation sites (tertiary alicyclic amines) is 1. The van der Waals surface area contributed by atoms with E-state index in [1.54, 1.807) is 60.4 Å². The molecule has 5 rings (SSSR count). The molecule has 0 saturated carbocycles. The van der Waals surface area contributed by atoms with Crippen molar-refractivity contribution in [1.29, 1.82) is 0 Å². The van der Waals surface area contributed by atoms with Gasteiger partial charge < -0.3 is 24.4 Å². The van der Waals surface area contributed by atoms with Crippen molar-refractivity contribution in [2.75, 3.05) is 31.2 Å². The molecule has 2 saturated heterocycles. The zero-order valence-corrected chi connectivity index (χ0v) is 18.2. The van der Waals surface area contributed by atoms with Crippen LogP contribution < -0.4 is 4.90 Å². The number of nitrogens with zero attached hydrogens (tertiary/aromatic N) is 2. The predicted octanol–water partition coefficient (Wildman–Crippen LogP) is 1.32. The second-order valence-corrected chi connectivity index (χ2v) is 9.05. The Morgan fingerprint density at radius 3 is 2.56 bits per heavy atom. The SMILES string of the molecule is C[C@@]12C=CCOC(=O)[C@@H]1[C@H]1C(=O)N(CCO)C3C(=O)N(c4ccc(Cl)cc4)CC=C[C@@]31O2. The molecule has 4 aliphatic heterocycles. The number of ether oxygens (including phenoxy) is 2. The number of cyclic esters (lactones) is 1. The summed E-state index contributed by atoms with van der Waals surface area (Å²) in [7, 11) is 0. The monoisotopic (exact) mass is 458 g/mol. The Kier molecular flexibility index (Phi) is 4.92. The number of aliphatic hydroxyl groups excluding tert-OH is 1. The molecule has 32 heavy (non-hydrogen) atoms. The maximum absolute atomic E-state index is 13.9. The summed E-state index contributed by atoms with van der Waals surface area (Å²) >= 11 is 6.01. The van der Waals surface area contributed by atoms with Crippen LogP contribution in [0, 0.1) is 11.8 Å². The molecule has 0 aromatic heterocycles. The Labute approximate surface area is 190 Å². The van der Waals surface area contributed by atoms with E-state index >= 15 is 0 Å². The van der Waals surface area contributed by atoms with Gasteiger partial charge in [0.15, 0.2) is 0 Å². The fourth-order valence-corrected chi connectivity index (χ4v) is 5.68. The number of aliphatic hydroxyl groups is 1. The molecule has 1 unspecified atom stereocenters. The first kappa shape index (κ1) is 21.2. The first-order chi connectivity index (χ1) is 15.3. The van der Waals surface area contributed by atoms with E-state index in [1.165, 1.54) is 4.90 Å². The van der Waals surface area contributed by atoms with E-state index in [-0.39, 0.29) is 32.2 Å². The number of β-amino-alcohol motifs (C(OH)–C–C–N with tert-alkyl or cyclic N) is 1. The summed E-state index contributed by atoms with van der Waals surface area (Å²) in [6.45, 7) is 1.74. The molecule has 1 aromatic carbocycles. The normalized spacial score (nSPS) is 35.8. The van der Waals surface area contributed by atoms with E-state index in [4.69, 9.17) is 21.1 Å². The lowest BCUT2D eigenvalue weighted by molar-refractivity contribution is -0.156. The van der Waals surface area contributed by atoms with Crippen LogP contribution in [-0.4, -0.2) is 71.3 Å². The van der Waals surface area contributed by atoms with Crippen LogP contribution in [0.5, 0.6) is 0 Å². The van der Waals surface area contributed by atoms with Gasteiger partial charge in [-0.15, -0.1) is 0 Å². The van der Waals surface area contributed by atoms with Crippen molar-refractivity contribution in [3.8, 4) is 0 Å². The van der Waals surface area contributed by atoms with Gasteiger partial charge in [0.25, 0.3) is 5.91 Å². The molecule has 0 radical (unpaired) electrons.